The first-order valence-electron chi connectivity index (χ1n) is 5.96. The molecule has 1 aromatic rings. The third-order valence-electron chi connectivity index (χ3n) is 2.65. The molecule has 0 aliphatic carbocycles. The predicted molar refractivity (Wildman–Crippen MR) is 77.6 cm³/mol. The highest BCUT2D eigenvalue weighted by atomic mass is 35.5. The van der Waals surface area contributed by atoms with E-state index in [0.717, 1.165) is 4.90 Å². The van der Waals surface area contributed by atoms with E-state index in [9.17, 15) is 9.59 Å². The summed E-state index contributed by atoms with van der Waals surface area (Å²) in [6.07, 6.45) is 0. The van der Waals surface area contributed by atoms with Crippen LogP contribution >= 0.6 is 23.4 Å². The topological polar surface area (TPSA) is 43.4 Å². The summed E-state index contributed by atoms with van der Waals surface area (Å²) in [5.41, 5.74) is -1.11. The van der Waals surface area contributed by atoms with E-state index in [-0.39, 0.29) is 18.1 Å². The monoisotopic (exact) mass is 300 g/mol. The van der Waals surface area contributed by atoms with E-state index >= 15 is 0 Å². The summed E-state index contributed by atoms with van der Waals surface area (Å²) in [6.45, 7) is 5.17. The molecule has 1 rings (SSSR count). The second-order valence-corrected chi connectivity index (χ2v) is 6.00. The Bertz CT molecular complexity index is 472. The highest BCUT2D eigenvalue weighted by molar-refractivity contribution is 8.00. The molecule has 0 heterocycles. The minimum Gasteiger partial charge on any atom is -0.465 e. The summed E-state index contributed by atoms with van der Waals surface area (Å²) in [4.78, 5) is 24.7. The van der Waals surface area contributed by atoms with Crippen molar-refractivity contribution in [1.29, 1.82) is 0 Å². The lowest BCUT2D eigenvalue weighted by molar-refractivity contribution is -0.157. The molecule has 104 valence electrons. The van der Waals surface area contributed by atoms with Gasteiger partial charge in [-0.2, -0.15) is 0 Å². The average molecular weight is 301 g/mol. The van der Waals surface area contributed by atoms with Gasteiger partial charge in [0.25, 0.3) is 0 Å². The van der Waals surface area contributed by atoms with E-state index in [1.54, 1.807) is 32.9 Å². The van der Waals surface area contributed by atoms with Crippen LogP contribution in [0.3, 0.4) is 0 Å². The number of carbonyl (C=O) groups is 2. The van der Waals surface area contributed by atoms with Crippen LogP contribution in [0, 0.1) is 5.41 Å². The third kappa shape index (κ3) is 4.55. The predicted octanol–water partition coefficient (Wildman–Crippen LogP) is 3.59. The van der Waals surface area contributed by atoms with Crippen molar-refractivity contribution in [3.05, 3.63) is 29.3 Å². The molecule has 0 bridgehead atoms. The Morgan fingerprint density at radius 2 is 2.05 bits per heavy atom. The first kappa shape index (κ1) is 16.1. The molecule has 0 N–H and O–H groups in total. The Labute approximate surface area is 122 Å². The molecule has 0 radical (unpaired) electrons. The molecule has 0 fully saturated rings. The van der Waals surface area contributed by atoms with E-state index in [1.165, 1.54) is 11.8 Å². The number of thioether (sulfide) groups is 1. The van der Waals surface area contributed by atoms with Crippen LogP contribution in [0.5, 0.6) is 0 Å². The zero-order valence-electron chi connectivity index (χ0n) is 11.2. The van der Waals surface area contributed by atoms with Gasteiger partial charge in [0.05, 0.1) is 12.4 Å². The average Bonchev–Trinajstić information content (AvgIpc) is 2.36. The fourth-order valence-electron chi connectivity index (χ4n) is 1.31. The quantitative estimate of drug-likeness (QED) is 0.457. The van der Waals surface area contributed by atoms with Gasteiger partial charge >= 0.3 is 5.97 Å². The first-order chi connectivity index (χ1) is 8.87. The standard InChI is InChI=1S/C14H17ClO3S/c1-4-18-13(17)14(2,3)12(16)9-19-11-7-5-6-10(15)8-11/h5-8H,4,9H2,1-3H3. The van der Waals surface area contributed by atoms with Gasteiger partial charge in [0, 0.05) is 9.92 Å². The molecule has 0 amide bonds. The number of ketones is 1. The summed E-state index contributed by atoms with van der Waals surface area (Å²) in [5, 5.41) is 0.627. The third-order valence-corrected chi connectivity index (χ3v) is 3.88. The Morgan fingerprint density at radius 1 is 1.37 bits per heavy atom. The summed E-state index contributed by atoms with van der Waals surface area (Å²) < 4.78 is 4.91. The van der Waals surface area contributed by atoms with Crippen molar-refractivity contribution in [3.8, 4) is 0 Å². The van der Waals surface area contributed by atoms with Gasteiger partial charge in [0.15, 0.2) is 5.78 Å². The molecule has 0 aliphatic heterocycles. The summed E-state index contributed by atoms with van der Waals surface area (Å²) in [5.74, 6) is -0.422. The molecule has 0 saturated carbocycles. The molecule has 0 saturated heterocycles. The lowest BCUT2D eigenvalue weighted by Crippen LogP contribution is -2.36. The molecule has 0 atom stereocenters. The summed E-state index contributed by atoms with van der Waals surface area (Å²) in [6, 6.07) is 7.26. The van der Waals surface area contributed by atoms with Gasteiger partial charge in [-0.1, -0.05) is 17.7 Å². The van der Waals surface area contributed by atoms with Crippen LogP contribution in [-0.4, -0.2) is 24.1 Å². The van der Waals surface area contributed by atoms with Crippen molar-refractivity contribution in [2.24, 2.45) is 5.41 Å². The first-order valence-corrected chi connectivity index (χ1v) is 7.33. The summed E-state index contributed by atoms with van der Waals surface area (Å²) >= 11 is 7.23. The van der Waals surface area contributed by atoms with Gasteiger partial charge < -0.3 is 4.74 Å². The van der Waals surface area contributed by atoms with Crippen LogP contribution in [0.1, 0.15) is 20.8 Å². The maximum absolute atomic E-state index is 12.1. The number of hydrogen-bond donors (Lipinski definition) is 0. The second kappa shape index (κ2) is 6.96. The van der Waals surface area contributed by atoms with Gasteiger partial charge in [-0.3, -0.25) is 9.59 Å². The lowest BCUT2D eigenvalue weighted by atomic mass is 9.89. The fraction of sp³-hybridized carbons (Fsp3) is 0.429. The van der Waals surface area contributed by atoms with Crippen LogP contribution in [0.25, 0.3) is 0 Å². The highest BCUT2D eigenvalue weighted by Crippen LogP contribution is 2.26. The van der Waals surface area contributed by atoms with Crippen LogP contribution in [0.2, 0.25) is 5.02 Å². The van der Waals surface area contributed by atoms with Crippen LogP contribution in [0.15, 0.2) is 29.2 Å². The molecule has 1 aromatic carbocycles. The number of carbonyl (C=O) groups excluding carboxylic acids is 2. The van der Waals surface area contributed by atoms with E-state index in [2.05, 4.69) is 0 Å². The lowest BCUT2D eigenvalue weighted by Gasteiger charge is -2.20. The van der Waals surface area contributed by atoms with Gasteiger partial charge in [-0.05, 0) is 39.0 Å². The van der Waals surface area contributed by atoms with E-state index in [4.69, 9.17) is 16.3 Å². The Balaban J connectivity index is 2.62. The van der Waals surface area contributed by atoms with E-state index in [1.807, 2.05) is 12.1 Å². The molecule has 19 heavy (non-hydrogen) atoms. The van der Waals surface area contributed by atoms with E-state index in [0.29, 0.717) is 5.02 Å². The van der Waals surface area contributed by atoms with Crippen molar-refractivity contribution in [1.82, 2.24) is 0 Å². The number of ether oxygens (including phenoxy) is 1. The molecule has 5 heteroatoms. The van der Waals surface area contributed by atoms with Crippen molar-refractivity contribution in [2.75, 3.05) is 12.4 Å². The largest absolute Gasteiger partial charge is 0.465 e. The molecular formula is C14H17ClO3S. The second-order valence-electron chi connectivity index (χ2n) is 4.51. The Hall–Kier alpha value is -1.00. The SMILES string of the molecule is CCOC(=O)C(C)(C)C(=O)CSc1cccc(Cl)c1. The summed E-state index contributed by atoms with van der Waals surface area (Å²) in [7, 11) is 0. The number of halogens is 1. The number of hydrogen-bond acceptors (Lipinski definition) is 4. The van der Waals surface area contributed by atoms with Crippen LogP contribution < -0.4 is 0 Å². The molecule has 3 nitrogen and oxygen atoms in total. The fourth-order valence-corrected chi connectivity index (χ4v) is 2.61. The van der Waals surface area contributed by atoms with Gasteiger partial charge in [-0.15, -0.1) is 11.8 Å². The Kier molecular flexibility index (Phi) is 5.88. The highest BCUT2D eigenvalue weighted by Gasteiger charge is 2.36. The maximum atomic E-state index is 12.1. The zero-order valence-corrected chi connectivity index (χ0v) is 12.8. The normalized spacial score (nSPS) is 11.2. The number of rotatable bonds is 6. The van der Waals surface area contributed by atoms with Gasteiger partial charge in [0.1, 0.15) is 5.41 Å². The minimum atomic E-state index is -1.11. The van der Waals surface area contributed by atoms with Gasteiger partial charge in [0.2, 0.25) is 0 Å². The number of benzene rings is 1. The van der Waals surface area contributed by atoms with Crippen molar-refractivity contribution < 1.29 is 14.3 Å². The van der Waals surface area contributed by atoms with Crippen molar-refractivity contribution >= 4 is 35.1 Å². The van der Waals surface area contributed by atoms with Crippen LogP contribution in [-0.2, 0) is 14.3 Å². The smallest absolute Gasteiger partial charge is 0.319 e. The molecule has 0 aromatic heterocycles. The van der Waals surface area contributed by atoms with E-state index < -0.39 is 11.4 Å². The van der Waals surface area contributed by atoms with Crippen molar-refractivity contribution in [2.45, 2.75) is 25.7 Å². The molecular weight excluding hydrogens is 284 g/mol. The zero-order chi connectivity index (χ0) is 14.5. The van der Waals surface area contributed by atoms with Crippen molar-refractivity contribution in [3.63, 3.8) is 0 Å². The molecule has 0 unspecified atom stereocenters. The van der Waals surface area contributed by atoms with Crippen LogP contribution in [0.4, 0.5) is 0 Å². The maximum Gasteiger partial charge on any atom is 0.319 e. The number of esters is 1. The minimum absolute atomic E-state index is 0.157. The Morgan fingerprint density at radius 3 is 2.63 bits per heavy atom. The molecule has 0 aliphatic rings. The molecule has 0 spiro atoms. The number of Topliss-reactive ketones (excluding diaryl/α,β-unsaturated/α-hetero) is 1. The van der Waals surface area contributed by atoms with Gasteiger partial charge in [-0.25, -0.2) is 0 Å².